The van der Waals surface area contributed by atoms with E-state index in [1.165, 1.54) is 11.1 Å². The van der Waals surface area contributed by atoms with E-state index in [0.717, 1.165) is 25.1 Å². The molecule has 1 saturated carbocycles. The van der Waals surface area contributed by atoms with Crippen LogP contribution >= 0.6 is 0 Å². The van der Waals surface area contributed by atoms with Crippen molar-refractivity contribution in [2.45, 2.75) is 38.5 Å². The first-order valence-corrected chi connectivity index (χ1v) is 9.16. The number of nitrogens with one attached hydrogen (secondary N) is 2. The van der Waals surface area contributed by atoms with Crippen molar-refractivity contribution < 1.29 is 4.79 Å². The molecule has 132 valence electrons. The predicted octanol–water partition coefficient (Wildman–Crippen LogP) is 3.93. The minimum atomic E-state index is 0.151. The number of hydrogen-bond donors (Lipinski definition) is 2. The maximum Gasteiger partial charge on any atom is 0.223 e. The minimum Gasteiger partial charge on any atom is -0.385 e. The average molecular weight is 337 g/mol. The molecule has 0 saturated heterocycles. The van der Waals surface area contributed by atoms with Gasteiger partial charge in [0, 0.05) is 37.1 Å². The molecule has 1 amide bonds. The van der Waals surface area contributed by atoms with Gasteiger partial charge in [0.25, 0.3) is 0 Å². The molecular weight excluding hydrogens is 310 g/mol. The highest BCUT2D eigenvalue weighted by Gasteiger charge is 2.43. The second-order valence-corrected chi connectivity index (χ2v) is 7.08. The van der Waals surface area contributed by atoms with E-state index >= 15 is 0 Å². The minimum absolute atomic E-state index is 0.151. The standard InChI is InChI=1S/C21H27N3O/c1-15(2)16-4-6-17(7-5-16)19-14-20(19)21(25)24-11-3-10-23-18-8-12-22-13-9-18/h4-9,12-13,15,19-20H,3,10-11,14H2,1-2H3,(H,22,23)(H,24,25)/t19-,20+/m0/s1. The summed E-state index contributed by atoms with van der Waals surface area (Å²) in [4.78, 5) is 16.2. The second-order valence-electron chi connectivity index (χ2n) is 7.08. The number of carbonyl (C=O) groups is 1. The SMILES string of the molecule is CC(C)c1ccc([C@@H]2C[C@H]2C(=O)NCCCNc2ccncc2)cc1. The molecule has 1 heterocycles. The molecular formula is C21H27N3O. The van der Waals surface area contributed by atoms with E-state index in [1.807, 2.05) is 12.1 Å². The van der Waals surface area contributed by atoms with Crippen LogP contribution in [0.2, 0.25) is 0 Å². The number of aromatic nitrogens is 1. The van der Waals surface area contributed by atoms with Crippen molar-refractivity contribution in [2.75, 3.05) is 18.4 Å². The molecule has 0 spiro atoms. The highest BCUT2D eigenvalue weighted by molar-refractivity contribution is 5.82. The topological polar surface area (TPSA) is 54.0 Å². The van der Waals surface area contributed by atoms with Crippen molar-refractivity contribution in [3.05, 3.63) is 59.9 Å². The van der Waals surface area contributed by atoms with Crippen LogP contribution in [-0.2, 0) is 4.79 Å². The Bertz CT molecular complexity index is 682. The van der Waals surface area contributed by atoms with Crippen molar-refractivity contribution in [3.8, 4) is 0 Å². The fourth-order valence-corrected chi connectivity index (χ4v) is 3.11. The maximum atomic E-state index is 12.3. The molecule has 2 atom stereocenters. The third kappa shape index (κ3) is 4.81. The Labute approximate surface area is 150 Å². The van der Waals surface area contributed by atoms with Gasteiger partial charge < -0.3 is 10.6 Å². The Morgan fingerprint density at radius 3 is 2.52 bits per heavy atom. The first-order chi connectivity index (χ1) is 12.1. The molecule has 3 rings (SSSR count). The Kier molecular flexibility index (Phi) is 5.69. The lowest BCUT2D eigenvalue weighted by atomic mass is 10.00. The van der Waals surface area contributed by atoms with Crippen molar-refractivity contribution in [3.63, 3.8) is 0 Å². The number of rotatable bonds is 8. The van der Waals surface area contributed by atoms with Crippen LogP contribution in [-0.4, -0.2) is 24.0 Å². The summed E-state index contributed by atoms with van der Waals surface area (Å²) >= 11 is 0. The number of hydrogen-bond acceptors (Lipinski definition) is 3. The zero-order chi connectivity index (χ0) is 17.6. The van der Waals surface area contributed by atoms with Crippen LogP contribution < -0.4 is 10.6 Å². The molecule has 2 aromatic rings. The predicted molar refractivity (Wildman–Crippen MR) is 102 cm³/mol. The summed E-state index contributed by atoms with van der Waals surface area (Å²) in [6.45, 7) is 5.96. The Balaban J connectivity index is 1.35. The van der Waals surface area contributed by atoms with E-state index in [-0.39, 0.29) is 11.8 Å². The third-order valence-corrected chi connectivity index (χ3v) is 4.82. The monoisotopic (exact) mass is 337 g/mol. The lowest BCUT2D eigenvalue weighted by molar-refractivity contribution is -0.122. The third-order valence-electron chi connectivity index (χ3n) is 4.82. The molecule has 1 aromatic carbocycles. The van der Waals surface area contributed by atoms with Gasteiger partial charge in [0.1, 0.15) is 0 Å². The van der Waals surface area contributed by atoms with Gasteiger partial charge in [-0.15, -0.1) is 0 Å². The van der Waals surface area contributed by atoms with Crippen LogP contribution in [0.4, 0.5) is 5.69 Å². The van der Waals surface area contributed by atoms with Crippen molar-refractivity contribution >= 4 is 11.6 Å². The zero-order valence-electron chi connectivity index (χ0n) is 15.0. The molecule has 0 bridgehead atoms. The van der Waals surface area contributed by atoms with Gasteiger partial charge in [-0.05, 0) is 47.9 Å². The molecule has 4 nitrogen and oxygen atoms in total. The number of nitrogens with zero attached hydrogens (tertiary/aromatic N) is 1. The lowest BCUT2D eigenvalue weighted by Crippen LogP contribution is -2.27. The first-order valence-electron chi connectivity index (χ1n) is 9.16. The van der Waals surface area contributed by atoms with Gasteiger partial charge in [0.15, 0.2) is 0 Å². The normalized spacial score (nSPS) is 18.8. The van der Waals surface area contributed by atoms with Crippen LogP contribution in [0.5, 0.6) is 0 Å². The smallest absolute Gasteiger partial charge is 0.223 e. The molecule has 1 aliphatic rings. The van der Waals surface area contributed by atoms with Gasteiger partial charge in [-0.3, -0.25) is 9.78 Å². The molecule has 0 unspecified atom stereocenters. The lowest BCUT2D eigenvalue weighted by Gasteiger charge is -2.08. The zero-order valence-corrected chi connectivity index (χ0v) is 15.0. The molecule has 2 N–H and O–H groups in total. The summed E-state index contributed by atoms with van der Waals surface area (Å²) in [7, 11) is 0. The quantitative estimate of drug-likeness (QED) is 0.718. The van der Waals surface area contributed by atoms with Crippen LogP contribution in [0.25, 0.3) is 0 Å². The van der Waals surface area contributed by atoms with Crippen molar-refractivity contribution in [1.29, 1.82) is 0 Å². The highest BCUT2D eigenvalue weighted by atomic mass is 16.2. The number of pyridine rings is 1. The summed E-state index contributed by atoms with van der Waals surface area (Å²) in [6.07, 6.45) is 5.42. The van der Waals surface area contributed by atoms with E-state index in [9.17, 15) is 4.79 Å². The molecule has 1 aliphatic carbocycles. The largest absolute Gasteiger partial charge is 0.385 e. The number of carbonyl (C=O) groups excluding carboxylic acids is 1. The highest BCUT2D eigenvalue weighted by Crippen LogP contribution is 2.47. The molecule has 1 fully saturated rings. The maximum absolute atomic E-state index is 12.3. The van der Waals surface area contributed by atoms with Crippen molar-refractivity contribution in [1.82, 2.24) is 10.3 Å². The van der Waals surface area contributed by atoms with E-state index in [0.29, 0.717) is 18.4 Å². The van der Waals surface area contributed by atoms with Gasteiger partial charge in [-0.25, -0.2) is 0 Å². The van der Waals surface area contributed by atoms with Crippen LogP contribution in [0.15, 0.2) is 48.8 Å². The van der Waals surface area contributed by atoms with E-state index in [1.54, 1.807) is 12.4 Å². The second kappa shape index (κ2) is 8.15. The molecule has 1 aromatic heterocycles. The Morgan fingerprint density at radius 2 is 1.84 bits per heavy atom. The first kappa shape index (κ1) is 17.5. The van der Waals surface area contributed by atoms with Gasteiger partial charge in [0.2, 0.25) is 5.91 Å². The van der Waals surface area contributed by atoms with Gasteiger partial charge in [-0.1, -0.05) is 38.1 Å². The summed E-state index contributed by atoms with van der Waals surface area (Å²) in [5.41, 5.74) is 3.71. The number of anilines is 1. The number of benzene rings is 1. The molecule has 0 radical (unpaired) electrons. The summed E-state index contributed by atoms with van der Waals surface area (Å²) < 4.78 is 0. The fourth-order valence-electron chi connectivity index (χ4n) is 3.11. The summed E-state index contributed by atoms with van der Waals surface area (Å²) in [6, 6.07) is 12.6. The average Bonchev–Trinajstić information content (AvgIpc) is 3.43. The molecule has 25 heavy (non-hydrogen) atoms. The van der Waals surface area contributed by atoms with Crippen molar-refractivity contribution in [2.24, 2.45) is 5.92 Å². The molecule has 0 aliphatic heterocycles. The van der Waals surface area contributed by atoms with Crippen LogP contribution in [0.1, 0.15) is 49.7 Å². The number of amides is 1. The summed E-state index contributed by atoms with van der Waals surface area (Å²) in [5.74, 6) is 1.30. The van der Waals surface area contributed by atoms with Crippen LogP contribution in [0.3, 0.4) is 0 Å². The van der Waals surface area contributed by atoms with Gasteiger partial charge in [-0.2, -0.15) is 0 Å². The van der Waals surface area contributed by atoms with E-state index < -0.39 is 0 Å². The van der Waals surface area contributed by atoms with Gasteiger partial charge >= 0.3 is 0 Å². The van der Waals surface area contributed by atoms with Crippen LogP contribution in [0, 0.1) is 5.92 Å². The Morgan fingerprint density at radius 1 is 1.12 bits per heavy atom. The molecule has 4 heteroatoms. The fraction of sp³-hybridized carbons (Fsp3) is 0.429. The van der Waals surface area contributed by atoms with Gasteiger partial charge in [0.05, 0.1) is 0 Å². The van der Waals surface area contributed by atoms with E-state index in [2.05, 4.69) is 53.7 Å². The summed E-state index contributed by atoms with van der Waals surface area (Å²) in [5, 5.41) is 6.39. The Hall–Kier alpha value is -2.36. The van der Waals surface area contributed by atoms with E-state index in [4.69, 9.17) is 0 Å².